The van der Waals surface area contributed by atoms with Gasteiger partial charge in [0.15, 0.2) is 0 Å². The lowest BCUT2D eigenvalue weighted by Crippen LogP contribution is -2.46. The Balaban J connectivity index is 2.12. The van der Waals surface area contributed by atoms with Crippen LogP contribution in [0.4, 0.5) is 8.78 Å². The minimum absolute atomic E-state index is 0.108. The average Bonchev–Trinajstić information content (AvgIpc) is 2.24. The zero-order valence-electron chi connectivity index (χ0n) is 8.92. The van der Waals surface area contributed by atoms with Crippen LogP contribution in [0, 0.1) is 5.92 Å². The lowest BCUT2D eigenvalue weighted by Gasteiger charge is -2.32. The van der Waals surface area contributed by atoms with E-state index in [4.69, 9.17) is 0 Å². The Morgan fingerprint density at radius 3 is 2.81 bits per heavy atom. The Bertz CT molecular complexity index is 368. The molecule has 1 atom stereocenters. The van der Waals surface area contributed by atoms with Crippen LogP contribution in [0.15, 0.2) is 24.3 Å². The second-order valence-electron chi connectivity index (χ2n) is 4.26. The lowest BCUT2D eigenvalue weighted by molar-refractivity contribution is -0.0728. The van der Waals surface area contributed by atoms with Gasteiger partial charge in [0, 0.05) is 5.92 Å². The van der Waals surface area contributed by atoms with Gasteiger partial charge in [0.25, 0.3) is 5.92 Å². The van der Waals surface area contributed by atoms with Gasteiger partial charge in [-0.15, -0.1) is 0 Å². The molecule has 2 N–H and O–H groups in total. The van der Waals surface area contributed by atoms with Gasteiger partial charge in [-0.1, -0.05) is 18.2 Å². The Morgan fingerprint density at radius 2 is 2.12 bits per heavy atom. The zero-order valence-corrected chi connectivity index (χ0v) is 8.92. The van der Waals surface area contributed by atoms with E-state index >= 15 is 0 Å². The Kier molecular flexibility index (Phi) is 3.10. The van der Waals surface area contributed by atoms with Crippen molar-refractivity contribution in [2.75, 3.05) is 13.1 Å². The van der Waals surface area contributed by atoms with Crippen molar-refractivity contribution in [2.24, 2.45) is 5.92 Å². The maximum absolute atomic E-state index is 13.5. The predicted octanol–water partition coefficient (Wildman–Crippen LogP) is 2.18. The fourth-order valence-corrected chi connectivity index (χ4v) is 2.09. The number of phenols is 1. The van der Waals surface area contributed by atoms with Crippen molar-refractivity contribution in [3.05, 3.63) is 29.8 Å². The van der Waals surface area contributed by atoms with Gasteiger partial charge in [-0.25, -0.2) is 8.78 Å². The summed E-state index contributed by atoms with van der Waals surface area (Å²) in [6.07, 6.45) is 0.683. The van der Waals surface area contributed by atoms with Crippen molar-refractivity contribution in [1.29, 1.82) is 0 Å². The highest BCUT2D eigenvalue weighted by molar-refractivity contribution is 5.32. The van der Waals surface area contributed by atoms with Gasteiger partial charge < -0.3 is 10.4 Å². The van der Waals surface area contributed by atoms with Gasteiger partial charge in [0.2, 0.25) is 0 Å². The normalized spacial score (nSPS) is 24.2. The number of para-hydroxylation sites is 1. The first-order chi connectivity index (χ1) is 7.59. The number of aromatic hydroxyl groups is 1. The van der Waals surface area contributed by atoms with Crippen molar-refractivity contribution in [2.45, 2.75) is 18.8 Å². The van der Waals surface area contributed by atoms with Gasteiger partial charge in [0.05, 0.1) is 6.54 Å². The molecule has 2 nitrogen and oxygen atoms in total. The first-order valence-corrected chi connectivity index (χ1v) is 5.45. The Morgan fingerprint density at radius 1 is 1.38 bits per heavy atom. The van der Waals surface area contributed by atoms with E-state index in [1.165, 1.54) is 6.07 Å². The summed E-state index contributed by atoms with van der Waals surface area (Å²) in [5.74, 6) is -3.25. The number of phenolic OH excluding ortho intramolecular Hbond substituents is 1. The molecule has 1 fully saturated rings. The van der Waals surface area contributed by atoms with E-state index in [1.54, 1.807) is 18.2 Å². The summed E-state index contributed by atoms with van der Waals surface area (Å²) in [5, 5.41) is 12.2. The predicted molar refractivity (Wildman–Crippen MR) is 57.7 cm³/mol. The highest BCUT2D eigenvalue weighted by atomic mass is 19.3. The maximum Gasteiger partial charge on any atom is 0.263 e. The van der Waals surface area contributed by atoms with E-state index in [0.29, 0.717) is 18.5 Å². The smallest absolute Gasteiger partial charge is 0.263 e. The molecule has 1 unspecified atom stereocenters. The van der Waals surface area contributed by atoms with Gasteiger partial charge in [-0.2, -0.15) is 0 Å². The van der Waals surface area contributed by atoms with Crippen LogP contribution >= 0.6 is 0 Å². The number of hydrogen-bond acceptors (Lipinski definition) is 2. The van der Waals surface area contributed by atoms with Crippen LogP contribution < -0.4 is 5.32 Å². The average molecular weight is 227 g/mol. The molecule has 88 valence electrons. The third kappa shape index (κ3) is 2.32. The van der Waals surface area contributed by atoms with Gasteiger partial charge in [-0.05, 0) is 31.0 Å². The molecule has 0 bridgehead atoms. The Hall–Kier alpha value is -1.16. The second-order valence-corrected chi connectivity index (χ2v) is 4.26. The molecule has 1 saturated heterocycles. The number of hydrogen-bond donors (Lipinski definition) is 2. The molecule has 0 aliphatic carbocycles. The molecule has 1 aromatic carbocycles. The van der Waals surface area contributed by atoms with Crippen molar-refractivity contribution < 1.29 is 13.9 Å². The van der Waals surface area contributed by atoms with Crippen LogP contribution in [0.2, 0.25) is 0 Å². The summed E-state index contributed by atoms with van der Waals surface area (Å²) >= 11 is 0. The summed E-state index contributed by atoms with van der Waals surface area (Å²) in [6.45, 7) is 0.360. The van der Waals surface area contributed by atoms with Crippen molar-refractivity contribution >= 4 is 0 Å². The topological polar surface area (TPSA) is 32.3 Å². The van der Waals surface area contributed by atoms with Crippen LogP contribution in [-0.2, 0) is 6.42 Å². The van der Waals surface area contributed by atoms with Crippen LogP contribution in [0.1, 0.15) is 12.0 Å². The molecular weight excluding hydrogens is 212 g/mol. The van der Waals surface area contributed by atoms with E-state index in [0.717, 1.165) is 0 Å². The third-order valence-electron chi connectivity index (χ3n) is 3.09. The SMILES string of the molecule is Oc1ccccc1CC1CCNCC1(F)F. The van der Waals surface area contributed by atoms with Crippen LogP contribution in [-0.4, -0.2) is 24.1 Å². The molecule has 0 amide bonds. The number of halogens is 2. The minimum atomic E-state index is -2.68. The quantitative estimate of drug-likeness (QED) is 0.811. The number of benzene rings is 1. The molecule has 1 heterocycles. The van der Waals surface area contributed by atoms with E-state index in [-0.39, 0.29) is 18.7 Å². The summed E-state index contributed by atoms with van der Waals surface area (Å²) in [7, 11) is 0. The van der Waals surface area contributed by atoms with Crippen molar-refractivity contribution in [1.82, 2.24) is 5.32 Å². The number of nitrogens with one attached hydrogen (secondary N) is 1. The monoisotopic (exact) mass is 227 g/mol. The molecule has 0 aromatic heterocycles. The first kappa shape index (κ1) is 11.3. The highest BCUT2D eigenvalue weighted by Crippen LogP contribution is 2.33. The third-order valence-corrected chi connectivity index (χ3v) is 3.09. The van der Waals surface area contributed by atoms with E-state index < -0.39 is 11.8 Å². The maximum atomic E-state index is 13.5. The van der Waals surface area contributed by atoms with Crippen molar-refractivity contribution in [3.63, 3.8) is 0 Å². The van der Waals surface area contributed by atoms with Gasteiger partial charge in [0.1, 0.15) is 5.75 Å². The molecule has 1 aromatic rings. The molecule has 2 rings (SSSR count). The highest BCUT2D eigenvalue weighted by Gasteiger charge is 2.41. The molecule has 1 aliphatic heterocycles. The number of alkyl halides is 2. The van der Waals surface area contributed by atoms with Crippen LogP contribution in [0.5, 0.6) is 5.75 Å². The first-order valence-electron chi connectivity index (χ1n) is 5.45. The molecule has 0 radical (unpaired) electrons. The molecular formula is C12H15F2NO. The van der Waals surface area contributed by atoms with E-state index in [9.17, 15) is 13.9 Å². The summed E-state index contributed by atoms with van der Waals surface area (Å²) in [4.78, 5) is 0. The van der Waals surface area contributed by atoms with Crippen LogP contribution in [0.25, 0.3) is 0 Å². The molecule has 1 aliphatic rings. The van der Waals surface area contributed by atoms with Gasteiger partial charge in [-0.3, -0.25) is 0 Å². The largest absolute Gasteiger partial charge is 0.508 e. The molecule has 4 heteroatoms. The zero-order chi connectivity index (χ0) is 11.6. The van der Waals surface area contributed by atoms with E-state index in [1.807, 2.05) is 0 Å². The molecule has 0 saturated carbocycles. The second kappa shape index (κ2) is 4.37. The summed E-state index contributed by atoms with van der Waals surface area (Å²) in [6, 6.07) is 6.69. The Labute approximate surface area is 93.3 Å². The van der Waals surface area contributed by atoms with E-state index in [2.05, 4.69) is 5.32 Å². The van der Waals surface area contributed by atoms with Crippen LogP contribution in [0.3, 0.4) is 0 Å². The van der Waals surface area contributed by atoms with Crippen molar-refractivity contribution in [3.8, 4) is 5.75 Å². The summed E-state index contributed by atoms with van der Waals surface area (Å²) in [5.41, 5.74) is 0.606. The number of piperidine rings is 1. The minimum Gasteiger partial charge on any atom is -0.508 e. The summed E-state index contributed by atoms with van der Waals surface area (Å²) < 4.78 is 27.1. The standard InChI is InChI=1S/C12H15F2NO/c13-12(14)8-15-6-5-10(12)7-9-3-1-2-4-11(9)16/h1-4,10,15-16H,5-8H2. The molecule has 16 heavy (non-hydrogen) atoms. The number of rotatable bonds is 2. The molecule has 0 spiro atoms. The fourth-order valence-electron chi connectivity index (χ4n) is 2.09. The fraction of sp³-hybridized carbons (Fsp3) is 0.500. The lowest BCUT2D eigenvalue weighted by atomic mass is 9.87. The van der Waals surface area contributed by atoms with Gasteiger partial charge >= 0.3 is 0 Å².